The van der Waals surface area contributed by atoms with Gasteiger partial charge in [0.15, 0.2) is 4.91 Å². The predicted octanol–water partition coefficient (Wildman–Crippen LogP) is 3.35. The molecule has 1 unspecified atom stereocenters. The average molecular weight is 482 g/mol. The molecule has 1 aromatic heterocycles. The van der Waals surface area contributed by atoms with Gasteiger partial charge in [0.25, 0.3) is 10.0 Å². The molecule has 1 aliphatic rings. The van der Waals surface area contributed by atoms with E-state index in [1.807, 2.05) is 18.2 Å². The number of aliphatic hydroxyl groups is 1. The fraction of sp³-hybridized carbons (Fsp3) is 0.320. The summed E-state index contributed by atoms with van der Waals surface area (Å²) in [6, 6.07) is 17.4. The van der Waals surface area contributed by atoms with Gasteiger partial charge in [-0.05, 0) is 47.0 Å². The fourth-order valence-corrected chi connectivity index (χ4v) is 4.73. The minimum absolute atomic E-state index is 0.0333. The van der Waals surface area contributed by atoms with Crippen LogP contribution >= 0.6 is 0 Å². The number of furan rings is 1. The van der Waals surface area contributed by atoms with Crippen molar-refractivity contribution < 1.29 is 22.7 Å². The monoisotopic (exact) mass is 481 g/mol. The highest BCUT2D eigenvalue weighted by Crippen LogP contribution is 2.29. The van der Waals surface area contributed by atoms with E-state index in [1.165, 1.54) is 11.8 Å². The van der Waals surface area contributed by atoms with Crippen LogP contribution in [0.4, 0.5) is 5.69 Å². The smallest absolute Gasteiger partial charge is 0.250 e. The number of hydrogen-bond donors (Lipinski definition) is 2. The predicted molar refractivity (Wildman–Crippen MR) is 131 cm³/mol. The van der Waals surface area contributed by atoms with Crippen molar-refractivity contribution in [2.75, 3.05) is 44.4 Å². The number of morpholine rings is 1. The molecule has 0 bridgehead atoms. The standard InChI is InChI=1S/C25H27N3O5S/c1-18(17-29)16-27-34(30,31)24(15-26)14-23-6-7-25(33-23)21-3-2-20-13-22(5-4-19(20)12-21)28-8-10-32-11-9-28/h2-7,12-14,18,27,29H,8-11,16-17H2,1H3/b24-14+. The number of hydrogen-bond acceptors (Lipinski definition) is 7. The van der Waals surface area contributed by atoms with Crippen LogP contribution in [0, 0.1) is 17.2 Å². The van der Waals surface area contributed by atoms with Crippen LogP contribution in [-0.2, 0) is 14.8 Å². The van der Waals surface area contributed by atoms with E-state index in [0.29, 0.717) is 5.76 Å². The average Bonchev–Trinajstić information content (AvgIpc) is 3.34. The molecular formula is C25H27N3O5S. The lowest BCUT2D eigenvalue weighted by Gasteiger charge is -2.29. The lowest BCUT2D eigenvalue weighted by molar-refractivity contribution is 0.122. The molecule has 0 aliphatic carbocycles. The Kier molecular flexibility index (Phi) is 7.34. The van der Waals surface area contributed by atoms with Crippen molar-refractivity contribution in [2.24, 2.45) is 5.92 Å². The van der Waals surface area contributed by atoms with Gasteiger partial charge in [-0.15, -0.1) is 0 Å². The summed E-state index contributed by atoms with van der Waals surface area (Å²) < 4.78 is 38.4. The maximum atomic E-state index is 12.4. The third kappa shape index (κ3) is 5.48. The molecule has 0 radical (unpaired) electrons. The number of allylic oxidation sites excluding steroid dienone is 1. The fourth-order valence-electron chi connectivity index (χ4n) is 3.68. The molecule has 1 fully saturated rings. The second kappa shape index (κ2) is 10.4. The molecule has 2 aromatic carbocycles. The Bertz CT molecular complexity index is 1330. The first kappa shape index (κ1) is 24.0. The van der Waals surface area contributed by atoms with Crippen LogP contribution in [0.2, 0.25) is 0 Å². The van der Waals surface area contributed by atoms with Gasteiger partial charge in [-0.3, -0.25) is 0 Å². The molecule has 178 valence electrons. The molecule has 0 saturated carbocycles. The number of ether oxygens (including phenoxy) is 1. The van der Waals surface area contributed by atoms with E-state index in [4.69, 9.17) is 14.3 Å². The number of fused-ring (bicyclic) bond motifs is 1. The quantitative estimate of drug-likeness (QED) is 0.474. The van der Waals surface area contributed by atoms with Crippen molar-refractivity contribution in [3.63, 3.8) is 0 Å². The molecule has 1 saturated heterocycles. The van der Waals surface area contributed by atoms with Crippen LogP contribution in [-0.4, -0.2) is 53.0 Å². The van der Waals surface area contributed by atoms with E-state index in [0.717, 1.165) is 42.6 Å². The highest BCUT2D eigenvalue weighted by Gasteiger charge is 2.19. The van der Waals surface area contributed by atoms with Crippen molar-refractivity contribution in [1.82, 2.24) is 4.72 Å². The van der Waals surface area contributed by atoms with E-state index in [2.05, 4.69) is 27.8 Å². The Morgan fingerprint density at radius 1 is 1.18 bits per heavy atom. The molecule has 8 nitrogen and oxygen atoms in total. The first-order valence-electron chi connectivity index (χ1n) is 11.1. The first-order valence-corrected chi connectivity index (χ1v) is 12.6. The molecule has 2 N–H and O–H groups in total. The molecule has 1 atom stereocenters. The van der Waals surface area contributed by atoms with E-state index < -0.39 is 14.9 Å². The van der Waals surface area contributed by atoms with Crippen molar-refractivity contribution in [2.45, 2.75) is 6.92 Å². The van der Waals surface area contributed by atoms with E-state index in [-0.39, 0.29) is 24.8 Å². The molecule has 2 heterocycles. The zero-order chi connectivity index (χ0) is 24.1. The number of aliphatic hydroxyl groups excluding tert-OH is 1. The molecule has 1 aliphatic heterocycles. The number of nitrogens with zero attached hydrogens (tertiary/aromatic N) is 2. The van der Waals surface area contributed by atoms with Crippen LogP contribution in [0.1, 0.15) is 12.7 Å². The molecule has 0 spiro atoms. The zero-order valence-corrected chi connectivity index (χ0v) is 19.7. The largest absolute Gasteiger partial charge is 0.457 e. The first-order chi connectivity index (χ1) is 16.4. The second-order valence-corrected chi connectivity index (χ2v) is 10.0. The molecule has 4 rings (SSSR count). The van der Waals surface area contributed by atoms with Crippen LogP contribution in [0.3, 0.4) is 0 Å². The number of nitrogens with one attached hydrogen (secondary N) is 1. The summed E-state index contributed by atoms with van der Waals surface area (Å²) in [5.41, 5.74) is 2.02. The second-order valence-electron chi connectivity index (χ2n) is 8.31. The third-order valence-corrected chi connectivity index (χ3v) is 7.05. The molecule has 9 heteroatoms. The van der Waals surface area contributed by atoms with Gasteiger partial charge in [0.1, 0.15) is 17.6 Å². The lowest BCUT2D eigenvalue weighted by atomic mass is 10.0. The maximum absolute atomic E-state index is 12.4. The summed E-state index contributed by atoms with van der Waals surface area (Å²) in [7, 11) is -4.01. The third-order valence-electron chi connectivity index (χ3n) is 5.72. The molecule has 3 aromatic rings. The summed E-state index contributed by atoms with van der Waals surface area (Å²) in [6.07, 6.45) is 1.20. The van der Waals surface area contributed by atoms with Gasteiger partial charge >= 0.3 is 0 Å². The number of sulfonamides is 1. The number of nitriles is 1. The number of anilines is 1. The summed E-state index contributed by atoms with van der Waals surface area (Å²) in [4.78, 5) is 1.86. The van der Waals surface area contributed by atoms with E-state index in [9.17, 15) is 13.7 Å². The summed E-state index contributed by atoms with van der Waals surface area (Å²) in [6.45, 7) is 4.80. The number of benzene rings is 2. The topological polar surface area (TPSA) is 116 Å². The van der Waals surface area contributed by atoms with Crippen LogP contribution in [0.25, 0.3) is 28.2 Å². The highest BCUT2D eigenvalue weighted by molar-refractivity contribution is 7.93. The molecule has 0 amide bonds. The van der Waals surface area contributed by atoms with Gasteiger partial charge in [-0.2, -0.15) is 5.26 Å². The Labute approximate surface area is 199 Å². The SMILES string of the molecule is CC(CO)CNS(=O)(=O)/C(C#N)=C/c1ccc(-c2ccc3cc(N4CCOCC4)ccc3c2)o1. The minimum Gasteiger partial charge on any atom is -0.457 e. The number of rotatable bonds is 8. The van der Waals surface area contributed by atoms with Gasteiger partial charge < -0.3 is 19.2 Å². The summed E-state index contributed by atoms with van der Waals surface area (Å²) >= 11 is 0. The van der Waals surface area contributed by atoms with Crippen molar-refractivity contribution in [3.05, 3.63) is 59.2 Å². The van der Waals surface area contributed by atoms with Gasteiger partial charge in [-0.1, -0.05) is 25.1 Å². The van der Waals surface area contributed by atoms with Crippen molar-refractivity contribution >= 4 is 32.6 Å². The van der Waals surface area contributed by atoms with Gasteiger partial charge in [0.05, 0.1) is 13.2 Å². The Balaban J connectivity index is 1.54. The van der Waals surface area contributed by atoms with E-state index in [1.54, 1.807) is 25.1 Å². The maximum Gasteiger partial charge on any atom is 0.250 e. The minimum atomic E-state index is -4.01. The zero-order valence-electron chi connectivity index (χ0n) is 18.9. The molecule has 34 heavy (non-hydrogen) atoms. The van der Waals surface area contributed by atoms with Gasteiger partial charge in [-0.25, -0.2) is 13.1 Å². The highest BCUT2D eigenvalue weighted by atomic mass is 32.2. The Hall–Kier alpha value is -3.16. The van der Waals surface area contributed by atoms with Crippen LogP contribution in [0.15, 0.2) is 57.9 Å². The van der Waals surface area contributed by atoms with Crippen LogP contribution in [0.5, 0.6) is 0 Å². The Morgan fingerprint density at radius 3 is 2.65 bits per heavy atom. The van der Waals surface area contributed by atoms with Gasteiger partial charge in [0, 0.05) is 43.6 Å². The van der Waals surface area contributed by atoms with Crippen molar-refractivity contribution in [1.29, 1.82) is 5.26 Å². The van der Waals surface area contributed by atoms with Gasteiger partial charge in [0.2, 0.25) is 0 Å². The normalized spacial score (nSPS) is 15.9. The summed E-state index contributed by atoms with van der Waals surface area (Å²) in [5.74, 6) is 0.569. The summed E-state index contributed by atoms with van der Waals surface area (Å²) in [5, 5.41) is 20.6. The van der Waals surface area contributed by atoms with Crippen LogP contribution < -0.4 is 9.62 Å². The Morgan fingerprint density at radius 2 is 1.91 bits per heavy atom. The lowest BCUT2D eigenvalue weighted by Crippen LogP contribution is -2.36. The van der Waals surface area contributed by atoms with E-state index >= 15 is 0 Å². The molecular weight excluding hydrogens is 454 g/mol. The van der Waals surface area contributed by atoms with Crippen molar-refractivity contribution in [3.8, 4) is 17.4 Å².